The smallest absolute Gasteiger partial charge is 0.335 e. The largest absolute Gasteiger partial charge is 0.471 e. The summed E-state index contributed by atoms with van der Waals surface area (Å²) in [7, 11) is 0. The summed E-state index contributed by atoms with van der Waals surface area (Å²) < 4.78 is 51.5. The lowest BCUT2D eigenvalue weighted by atomic mass is 10.0. The molecule has 2 aliphatic heterocycles. The Kier molecular flexibility index (Phi) is 3.81. The second-order valence-corrected chi connectivity index (χ2v) is 6.75. The van der Waals surface area contributed by atoms with E-state index in [2.05, 4.69) is 5.32 Å². The van der Waals surface area contributed by atoms with E-state index in [1.807, 2.05) is 0 Å². The molecule has 0 unspecified atom stereocenters. The number of piperazine rings is 1. The lowest BCUT2D eigenvalue weighted by Crippen LogP contribution is -2.65. The molecule has 0 bridgehead atoms. The molecule has 3 rings (SSSR count). The van der Waals surface area contributed by atoms with Crippen molar-refractivity contribution in [2.45, 2.75) is 56.2 Å². The third-order valence-corrected chi connectivity index (χ3v) is 4.99. The molecule has 1 spiro atoms. The van der Waals surface area contributed by atoms with Crippen molar-refractivity contribution in [3.8, 4) is 0 Å². The first-order valence-electron chi connectivity index (χ1n) is 7.71. The molecule has 23 heavy (non-hydrogen) atoms. The van der Waals surface area contributed by atoms with Gasteiger partial charge in [-0.05, 0) is 19.8 Å². The van der Waals surface area contributed by atoms with Crippen LogP contribution in [-0.2, 0) is 9.59 Å². The quantitative estimate of drug-likeness (QED) is 0.722. The summed E-state index contributed by atoms with van der Waals surface area (Å²) in [6.45, 7) is 1.67. The molecule has 3 aliphatic rings. The zero-order valence-corrected chi connectivity index (χ0v) is 12.7. The van der Waals surface area contributed by atoms with E-state index in [1.165, 1.54) is 4.90 Å². The van der Waals surface area contributed by atoms with Crippen molar-refractivity contribution >= 4 is 11.8 Å². The average molecular weight is 337 g/mol. The van der Waals surface area contributed by atoms with Gasteiger partial charge in [-0.2, -0.15) is 13.2 Å². The third-order valence-electron chi connectivity index (χ3n) is 4.99. The highest BCUT2D eigenvalue weighted by molar-refractivity contribution is 5.85. The molecule has 3 atom stereocenters. The minimum absolute atomic E-state index is 0.0836. The zero-order chi connectivity index (χ0) is 17.0. The first kappa shape index (κ1) is 16.5. The van der Waals surface area contributed by atoms with Crippen LogP contribution < -0.4 is 5.32 Å². The molecule has 2 amide bonds. The van der Waals surface area contributed by atoms with Gasteiger partial charge in [0.2, 0.25) is 5.91 Å². The maximum atomic E-state index is 13.3. The van der Waals surface area contributed by atoms with Crippen molar-refractivity contribution in [2.75, 3.05) is 19.6 Å². The Morgan fingerprint density at radius 2 is 1.91 bits per heavy atom. The number of alkyl halides is 4. The van der Waals surface area contributed by atoms with E-state index in [9.17, 15) is 27.2 Å². The summed E-state index contributed by atoms with van der Waals surface area (Å²) in [5.41, 5.74) is -0.900. The number of carbonyl (C=O) groups excluding carboxylic acids is 2. The van der Waals surface area contributed by atoms with Gasteiger partial charge in [-0.25, -0.2) is 4.39 Å². The van der Waals surface area contributed by atoms with Gasteiger partial charge in [0.05, 0.1) is 11.6 Å². The van der Waals surface area contributed by atoms with E-state index in [0.717, 1.165) is 4.90 Å². The normalized spacial score (nSPS) is 33.2. The van der Waals surface area contributed by atoms with Crippen molar-refractivity contribution in [3.05, 3.63) is 0 Å². The van der Waals surface area contributed by atoms with Gasteiger partial charge in [-0.15, -0.1) is 0 Å². The Balaban J connectivity index is 1.73. The fraction of sp³-hybridized carbons (Fsp3) is 0.857. The molecular weight excluding hydrogens is 318 g/mol. The Hall–Kier alpha value is -1.38. The molecule has 0 radical (unpaired) electrons. The van der Waals surface area contributed by atoms with Gasteiger partial charge >= 0.3 is 12.1 Å². The second-order valence-electron chi connectivity index (χ2n) is 6.75. The minimum Gasteiger partial charge on any atom is -0.335 e. The Morgan fingerprint density at radius 3 is 2.39 bits per heavy atom. The molecule has 1 aliphatic carbocycles. The Morgan fingerprint density at radius 1 is 1.26 bits per heavy atom. The number of amides is 2. The van der Waals surface area contributed by atoms with Crippen LogP contribution in [0.3, 0.4) is 0 Å². The number of rotatable bonds is 1. The van der Waals surface area contributed by atoms with Gasteiger partial charge in [0.25, 0.3) is 0 Å². The van der Waals surface area contributed by atoms with Gasteiger partial charge in [0.1, 0.15) is 6.17 Å². The number of halogens is 4. The Bertz CT molecular complexity index is 521. The zero-order valence-electron chi connectivity index (χ0n) is 12.7. The first-order valence-corrected chi connectivity index (χ1v) is 7.71. The molecule has 2 saturated heterocycles. The third kappa shape index (κ3) is 2.90. The van der Waals surface area contributed by atoms with Gasteiger partial charge in [-0.3, -0.25) is 9.59 Å². The molecular formula is C14H19F4N3O2. The number of nitrogens with one attached hydrogen (secondary N) is 1. The number of nitrogens with zero attached hydrogens (tertiary/aromatic N) is 2. The highest BCUT2D eigenvalue weighted by Crippen LogP contribution is 2.47. The van der Waals surface area contributed by atoms with Crippen molar-refractivity contribution in [2.24, 2.45) is 0 Å². The molecule has 0 aromatic carbocycles. The van der Waals surface area contributed by atoms with Gasteiger partial charge in [-0.1, -0.05) is 0 Å². The van der Waals surface area contributed by atoms with E-state index in [4.69, 9.17) is 0 Å². The lowest BCUT2D eigenvalue weighted by molar-refractivity contribution is -0.193. The number of hydrogen-bond donors (Lipinski definition) is 1. The molecule has 1 N–H and O–H groups in total. The fourth-order valence-electron chi connectivity index (χ4n) is 3.51. The molecule has 130 valence electrons. The van der Waals surface area contributed by atoms with Crippen molar-refractivity contribution in [1.29, 1.82) is 0 Å². The van der Waals surface area contributed by atoms with Gasteiger partial charge in [0, 0.05) is 32.1 Å². The van der Waals surface area contributed by atoms with Crippen molar-refractivity contribution in [3.63, 3.8) is 0 Å². The maximum absolute atomic E-state index is 13.3. The van der Waals surface area contributed by atoms with Crippen LogP contribution in [0.1, 0.15) is 26.2 Å². The van der Waals surface area contributed by atoms with Gasteiger partial charge < -0.3 is 15.1 Å². The van der Waals surface area contributed by atoms with E-state index >= 15 is 0 Å². The molecule has 5 nitrogen and oxygen atoms in total. The van der Waals surface area contributed by atoms with E-state index in [0.29, 0.717) is 12.8 Å². The molecule has 9 heteroatoms. The predicted octanol–water partition coefficient (Wildman–Crippen LogP) is 0.841. The topological polar surface area (TPSA) is 52.7 Å². The molecule has 0 aromatic heterocycles. The standard InChI is InChI=1S/C14H19F4N3O2/c1-8-6-21(12(23)14(16,17)18)13(2-3-13)7-20(8)11(22)10-4-9(15)5-19-10/h8-10,19H,2-7H2,1H3/t8-,9+,10-/m0/s1. The minimum atomic E-state index is -4.91. The first-order chi connectivity index (χ1) is 10.6. The van der Waals surface area contributed by atoms with Crippen molar-refractivity contribution < 1.29 is 27.2 Å². The average Bonchev–Trinajstić information content (AvgIpc) is 3.10. The summed E-state index contributed by atoms with van der Waals surface area (Å²) in [6, 6.07) is -1.16. The maximum Gasteiger partial charge on any atom is 0.471 e. The second kappa shape index (κ2) is 5.32. The summed E-state index contributed by atoms with van der Waals surface area (Å²) in [5.74, 6) is -2.13. The van der Waals surface area contributed by atoms with Crippen molar-refractivity contribution in [1.82, 2.24) is 15.1 Å². The van der Waals surface area contributed by atoms with Crippen LogP contribution in [0, 0.1) is 0 Å². The molecule has 1 saturated carbocycles. The predicted molar refractivity (Wildman–Crippen MR) is 72.2 cm³/mol. The fourth-order valence-corrected chi connectivity index (χ4v) is 3.51. The van der Waals surface area contributed by atoms with Crippen LogP contribution in [0.5, 0.6) is 0 Å². The van der Waals surface area contributed by atoms with Gasteiger partial charge in [0.15, 0.2) is 0 Å². The van der Waals surface area contributed by atoms with E-state index < -0.39 is 35.9 Å². The molecule has 3 fully saturated rings. The lowest BCUT2D eigenvalue weighted by Gasteiger charge is -2.46. The van der Waals surface area contributed by atoms with Crippen LogP contribution in [0.2, 0.25) is 0 Å². The summed E-state index contributed by atoms with van der Waals surface area (Å²) in [4.78, 5) is 26.5. The summed E-state index contributed by atoms with van der Waals surface area (Å²) in [5, 5.41) is 2.80. The number of carbonyl (C=O) groups is 2. The number of hydrogen-bond acceptors (Lipinski definition) is 3. The molecule has 2 heterocycles. The SMILES string of the molecule is C[C@H]1CN(C(=O)C(F)(F)F)C2(CC2)CN1C(=O)[C@@H]1C[C@@H](F)CN1. The van der Waals surface area contributed by atoms with Crippen LogP contribution in [0.4, 0.5) is 17.6 Å². The molecule has 0 aromatic rings. The highest BCUT2D eigenvalue weighted by Gasteiger charge is 2.60. The summed E-state index contributed by atoms with van der Waals surface area (Å²) >= 11 is 0. The van der Waals surface area contributed by atoms with E-state index in [-0.39, 0.29) is 32.0 Å². The van der Waals surface area contributed by atoms with Crippen LogP contribution in [0.15, 0.2) is 0 Å². The van der Waals surface area contributed by atoms with Crippen LogP contribution in [-0.4, -0.2) is 71.2 Å². The monoisotopic (exact) mass is 337 g/mol. The summed E-state index contributed by atoms with van der Waals surface area (Å²) in [6.07, 6.45) is -5.00. The van der Waals surface area contributed by atoms with Crippen LogP contribution >= 0.6 is 0 Å². The van der Waals surface area contributed by atoms with Crippen LogP contribution in [0.25, 0.3) is 0 Å². The highest BCUT2D eigenvalue weighted by atomic mass is 19.4. The van der Waals surface area contributed by atoms with E-state index in [1.54, 1.807) is 6.92 Å². The Labute approximate surface area is 131 Å².